The predicted octanol–water partition coefficient (Wildman–Crippen LogP) is 3.91. The number of halogens is 4. The Morgan fingerprint density at radius 2 is 2.04 bits per heavy atom. The highest BCUT2D eigenvalue weighted by molar-refractivity contribution is 6.69. The third-order valence-electron chi connectivity index (χ3n) is 4.09. The number of nitrogens with zero attached hydrogens (tertiary/aromatic N) is 1. The van der Waals surface area contributed by atoms with Crippen molar-refractivity contribution in [3.63, 3.8) is 0 Å². The Labute approximate surface area is 150 Å². The molecule has 0 amide bonds. The summed E-state index contributed by atoms with van der Waals surface area (Å²) >= 11 is 5.87. The van der Waals surface area contributed by atoms with Crippen molar-refractivity contribution < 1.29 is 23.1 Å². The first-order valence-corrected chi connectivity index (χ1v) is 8.68. The van der Waals surface area contributed by atoms with Crippen LogP contribution < -0.4 is 5.32 Å². The van der Waals surface area contributed by atoms with Crippen molar-refractivity contribution >= 4 is 16.8 Å². The normalized spacial score (nSPS) is 18.2. The van der Waals surface area contributed by atoms with Crippen LogP contribution in [0.5, 0.6) is 0 Å². The van der Waals surface area contributed by atoms with Crippen LogP contribution in [0.25, 0.3) is 0 Å². The molecule has 0 aromatic heterocycles. The molecule has 1 aromatic carbocycles. The second kappa shape index (κ2) is 9.40. The SMILES string of the molecule is OC(CNC1CCCCC1)CO/N=C(\Cl)c1cccc(C(F)(F)F)c1. The molecule has 2 N–H and O–H groups in total. The van der Waals surface area contributed by atoms with E-state index >= 15 is 0 Å². The fourth-order valence-corrected chi connectivity index (χ4v) is 2.89. The fraction of sp³-hybridized carbons (Fsp3) is 0.588. The van der Waals surface area contributed by atoms with E-state index in [2.05, 4.69) is 10.5 Å². The average molecular weight is 379 g/mol. The number of nitrogens with one attached hydrogen (secondary N) is 1. The molecule has 0 saturated heterocycles. The molecule has 1 fully saturated rings. The number of alkyl halides is 3. The number of benzene rings is 1. The third-order valence-corrected chi connectivity index (χ3v) is 4.37. The van der Waals surface area contributed by atoms with E-state index in [-0.39, 0.29) is 17.3 Å². The number of aliphatic hydroxyl groups is 1. The van der Waals surface area contributed by atoms with Crippen LogP contribution in [-0.4, -0.2) is 35.6 Å². The van der Waals surface area contributed by atoms with Crippen LogP contribution in [0.3, 0.4) is 0 Å². The molecule has 1 aromatic rings. The molecule has 1 saturated carbocycles. The first kappa shape index (κ1) is 20.0. The summed E-state index contributed by atoms with van der Waals surface area (Å²) in [5.41, 5.74) is -0.707. The fourth-order valence-electron chi connectivity index (χ4n) is 2.72. The van der Waals surface area contributed by atoms with Gasteiger partial charge >= 0.3 is 6.18 Å². The van der Waals surface area contributed by atoms with Gasteiger partial charge in [0.05, 0.1) is 5.56 Å². The maximum absolute atomic E-state index is 12.7. The zero-order chi connectivity index (χ0) is 18.3. The van der Waals surface area contributed by atoms with Crippen LogP contribution in [0.15, 0.2) is 29.4 Å². The summed E-state index contributed by atoms with van der Waals surface area (Å²) in [7, 11) is 0. The molecule has 0 radical (unpaired) electrons. The molecular formula is C17H22ClF3N2O2. The molecule has 1 atom stereocenters. The lowest BCUT2D eigenvalue weighted by Crippen LogP contribution is -2.38. The largest absolute Gasteiger partial charge is 0.416 e. The lowest BCUT2D eigenvalue weighted by Gasteiger charge is -2.23. The molecule has 1 aliphatic carbocycles. The van der Waals surface area contributed by atoms with Gasteiger partial charge in [-0.3, -0.25) is 0 Å². The van der Waals surface area contributed by atoms with Crippen molar-refractivity contribution in [3.05, 3.63) is 35.4 Å². The summed E-state index contributed by atoms with van der Waals surface area (Å²) in [5.74, 6) is 0. The zero-order valence-corrected chi connectivity index (χ0v) is 14.5. The first-order valence-electron chi connectivity index (χ1n) is 8.31. The Kier molecular flexibility index (Phi) is 7.53. The molecule has 2 rings (SSSR count). The maximum atomic E-state index is 12.7. The highest BCUT2D eigenvalue weighted by Crippen LogP contribution is 2.29. The summed E-state index contributed by atoms with van der Waals surface area (Å²) in [5, 5.41) is 16.5. The van der Waals surface area contributed by atoms with Gasteiger partial charge in [-0.05, 0) is 25.0 Å². The van der Waals surface area contributed by atoms with Crippen molar-refractivity contribution in [3.8, 4) is 0 Å². The number of rotatable bonds is 7. The van der Waals surface area contributed by atoms with E-state index in [1.54, 1.807) is 0 Å². The number of oxime groups is 1. The van der Waals surface area contributed by atoms with Gasteiger partial charge in [-0.25, -0.2) is 0 Å². The van der Waals surface area contributed by atoms with Gasteiger partial charge in [0.15, 0.2) is 5.17 Å². The van der Waals surface area contributed by atoms with E-state index in [9.17, 15) is 18.3 Å². The lowest BCUT2D eigenvalue weighted by molar-refractivity contribution is -0.137. The van der Waals surface area contributed by atoms with Crippen LogP contribution in [0.4, 0.5) is 13.2 Å². The molecule has 1 unspecified atom stereocenters. The molecule has 8 heteroatoms. The van der Waals surface area contributed by atoms with E-state index < -0.39 is 17.8 Å². The van der Waals surface area contributed by atoms with Crippen molar-refractivity contribution in [2.24, 2.45) is 5.16 Å². The Morgan fingerprint density at radius 1 is 1.32 bits per heavy atom. The maximum Gasteiger partial charge on any atom is 0.416 e. The molecule has 4 nitrogen and oxygen atoms in total. The molecule has 0 heterocycles. The molecule has 0 spiro atoms. The summed E-state index contributed by atoms with van der Waals surface area (Å²) in [6.07, 6.45) is 0.640. The Bertz CT molecular complexity index is 575. The minimum Gasteiger partial charge on any atom is -0.392 e. The molecule has 1 aliphatic rings. The van der Waals surface area contributed by atoms with Gasteiger partial charge in [0.1, 0.15) is 12.7 Å². The van der Waals surface area contributed by atoms with Gasteiger partial charge in [-0.1, -0.05) is 48.2 Å². The number of aliphatic hydroxyl groups excluding tert-OH is 1. The summed E-state index contributed by atoms with van der Waals surface area (Å²) in [6.45, 7) is 0.288. The Hall–Kier alpha value is -1.31. The van der Waals surface area contributed by atoms with Gasteiger partial charge in [0.2, 0.25) is 0 Å². The van der Waals surface area contributed by atoms with Crippen molar-refractivity contribution in [1.29, 1.82) is 0 Å². The highest BCUT2D eigenvalue weighted by atomic mass is 35.5. The molecule has 0 bridgehead atoms. The highest BCUT2D eigenvalue weighted by Gasteiger charge is 2.30. The van der Waals surface area contributed by atoms with Crippen molar-refractivity contribution in [2.75, 3.05) is 13.2 Å². The summed E-state index contributed by atoms with van der Waals surface area (Å²) in [6, 6.07) is 4.93. The van der Waals surface area contributed by atoms with Gasteiger partial charge in [0.25, 0.3) is 0 Å². The van der Waals surface area contributed by atoms with E-state index in [0.29, 0.717) is 12.6 Å². The molecule has 140 valence electrons. The third kappa shape index (κ3) is 6.84. The van der Waals surface area contributed by atoms with Gasteiger partial charge < -0.3 is 15.3 Å². The molecule has 25 heavy (non-hydrogen) atoms. The van der Waals surface area contributed by atoms with E-state index in [0.717, 1.165) is 25.0 Å². The standard InChI is InChI=1S/C17H22ClF3N2O2/c18-16(12-5-4-6-13(9-12)17(19,20)21)23-25-11-15(24)10-22-14-7-2-1-3-8-14/h4-6,9,14-15,22,24H,1-3,7-8,10-11H2/b23-16-. The summed E-state index contributed by atoms with van der Waals surface area (Å²) < 4.78 is 38.0. The molecule has 0 aliphatic heterocycles. The lowest BCUT2D eigenvalue weighted by atomic mass is 9.95. The minimum absolute atomic E-state index is 0.0884. The monoisotopic (exact) mass is 378 g/mol. The van der Waals surface area contributed by atoms with Crippen molar-refractivity contribution in [1.82, 2.24) is 5.32 Å². The Morgan fingerprint density at radius 3 is 2.72 bits per heavy atom. The number of hydrogen-bond acceptors (Lipinski definition) is 4. The molecular weight excluding hydrogens is 357 g/mol. The first-order chi connectivity index (χ1) is 11.9. The average Bonchev–Trinajstić information content (AvgIpc) is 2.60. The van der Waals surface area contributed by atoms with Crippen LogP contribution in [-0.2, 0) is 11.0 Å². The predicted molar refractivity (Wildman–Crippen MR) is 90.7 cm³/mol. The van der Waals surface area contributed by atoms with Crippen LogP contribution >= 0.6 is 11.6 Å². The smallest absolute Gasteiger partial charge is 0.392 e. The topological polar surface area (TPSA) is 53.8 Å². The van der Waals surface area contributed by atoms with Crippen molar-refractivity contribution in [2.45, 2.75) is 50.4 Å². The quantitative estimate of drug-likeness (QED) is 0.558. The van der Waals surface area contributed by atoms with E-state index in [1.165, 1.54) is 31.4 Å². The van der Waals surface area contributed by atoms with Gasteiger partial charge in [-0.2, -0.15) is 13.2 Å². The van der Waals surface area contributed by atoms with Gasteiger partial charge in [-0.15, -0.1) is 0 Å². The second-order valence-corrected chi connectivity index (χ2v) is 6.51. The van der Waals surface area contributed by atoms with E-state index in [1.807, 2.05) is 0 Å². The van der Waals surface area contributed by atoms with Crippen LogP contribution in [0.2, 0.25) is 0 Å². The zero-order valence-electron chi connectivity index (χ0n) is 13.7. The number of hydrogen-bond donors (Lipinski definition) is 2. The minimum atomic E-state index is -4.45. The summed E-state index contributed by atoms with van der Waals surface area (Å²) in [4.78, 5) is 4.96. The van der Waals surface area contributed by atoms with Crippen LogP contribution in [0.1, 0.15) is 43.2 Å². The van der Waals surface area contributed by atoms with Crippen LogP contribution in [0, 0.1) is 0 Å². The van der Waals surface area contributed by atoms with E-state index in [4.69, 9.17) is 16.4 Å². The Balaban J connectivity index is 1.78. The van der Waals surface area contributed by atoms with Gasteiger partial charge in [0, 0.05) is 18.2 Å². The second-order valence-electron chi connectivity index (χ2n) is 6.15.